The van der Waals surface area contributed by atoms with Gasteiger partial charge in [0.1, 0.15) is 0 Å². The van der Waals surface area contributed by atoms with Crippen molar-refractivity contribution in [2.45, 2.75) is 0 Å². The van der Waals surface area contributed by atoms with Crippen molar-refractivity contribution in [1.82, 2.24) is 0 Å². The Morgan fingerprint density at radius 2 is 1.46 bits per heavy atom. The molecule has 0 aliphatic carbocycles. The van der Waals surface area contributed by atoms with Gasteiger partial charge in [0.05, 0.1) is 10.6 Å². The van der Waals surface area contributed by atoms with E-state index < -0.39 is 4.92 Å². The molecular formula is C19H15N3O2. The van der Waals surface area contributed by atoms with Gasteiger partial charge in [-0.3, -0.25) is 15.1 Å². The lowest BCUT2D eigenvalue weighted by molar-refractivity contribution is -0.384. The van der Waals surface area contributed by atoms with E-state index in [1.54, 1.807) is 18.3 Å². The van der Waals surface area contributed by atoms with Gasteiger partial charge >= 0.3 is 0 Å². The van der Waals surface area contributed by atoms with Crippen molar-refractivity contribution in [3.05, 3.63) is 94.5 Å². The number of hydrogen-bond donors (Lipinski definition) is 1. The molecule has 3 aromatic rings. The van der Waals surface area contributed by atoms with Crippen LogP contribution in [0.5, 0.6) is 0 Å². The molecule has 0 saturated heterocycles. The molecule has 5 heteroatoms. The average molecular weight is 317 g/mol. The molecule has 0 fully saturated rings. The van der Waals surface area contributed by atoms with Gasteiger partial charge in [-0.15, -0.1) is 0 Å². The second-order valence-corrected chi connectivity index (χ2v) is 5.14. The lowest BCUT2D eigenvalue weighted by Gasteiger charge is -2.06. The molecule has 1 N–H and O–H groups in total. The molecular weight excluding hydrogens is 302 g/mol. The first kappa shape index (κ1) is 15.4. The number of anilines is 2. The maximum Gasteiger partial charge on any atom is 0.269 e. The zero-order valence-corrected chi connectivity index (χ0v) is 12.8. The van der Waals surface area contributed by atoms with Crippen LogP contribution >= 0.6 is 0 Å². The van der Waals surface area contributed by atoms with E-state index in [1.165, 1.54) is 12.1 Å². The van der Waals surface area contributed by atoms with Crippen molar-refractivity contribution < 1.29 is 4.92 Å². The predicted octanol–water partition coefficient (Wildman–Crippen LogP) is 5.09. The van der Waals surface area contributed by atoms with E-state index in [0.717, 1.165) is 22.6 Å². The quantitative estimate of drug-likeness (QED) is 0.405. The number of para-hydroxylation sites is 1. The molecule has 0 unspecified atom stereocenters. The van der Waals surface area contributed by atoms with Gasteiger partial charge in [0.2, 0.25) is 0 Å². The number of nitro groups is 1. The lowest BCUT2D eigenvalue weighted by atomic mass is 10.2. The molecule has 0 aliphatic rings. The molecule has 3 aromatic carbocycles. The first-order chi connectivity index (χ1) is 11.7. The molecule has 0 aromatic heterocycles. The highest BCUT2D eigenvalue weighted by Crippen LogP contribution is 2.20. The van der Waals surface area contributed by atoms with Gasteiger partial charge in [-0.05, 0) is 54.1 Å². The predicted molar refractivity (Wildman–Crippen MR) is 96.5 cm³/mol. The fourth-order valence-electron chi connectivity index (χ4n) is 2.15. The minimum atomic E-state index is -0.417. The summed E-state index contributed by atoms with van der Waals surface area (Å²) in [5.41, 5.74) is 3.71. The maximum absolute atomic E-state index is 10.6. The Morgan fingerprint density at radius 3 is 2.08 bits per heavy atom. The first-order valence-electron chi connectivity index (χ1n) is 7.41. The smallest absolute Gasteiger partial charge is 0.269 e. The van der Waals surface area contributed by atoms with Crippen LogP contribution in [0, 0.1) is 10.1 Å². The number of hydrogen-bond acceptors (Lipinski definition) is 4. The Kier molecular flexibility index (Phi) is 4.62. The highest BCUT2D eigenvalue weighted by molar-refractivity contribution is 5.82. The summed E-state index contributed by atoms with van der Waals surface area (Å²) < 4.78 is 0. The number of nitro benzene ring substituents is 1. The molecule has 0 atom stereocenters. The average Bonchev–Trinajstić information content (AvgIpc) is 2.62. The van der Waals surface area contributed by atoms with Crippen molar-refractivity contribution in [1.29, 1.82) is 0 Å². The van der Waals surface area contributed by atoms with Crippen LogP contribution in [0.2, 0.25) is 0 Å². The summed E-state index contributed by atoms with van der Waals surface area (Å²) in [6.07, 6.45) is 1.68. The van der Waals surface area contributed by atoms with Gasteiger partial charge in [-0.25, -0.2) is 0 Å². The Bertz CT molecular complexity index is 842. The molecule has 0 heterocycles. The van der Waals surface area contributed by atoms with Crippen LogP contribution in [0.4, 0.5) is 22.7 Å². The Labute approximate surface area is 139 Å². The van der Waals surface area contributed by atoms with E-state index in [-0.39, 0.29) is 5.69 Å². The van der Waals surface area contributed by atoms with Crippen LogP contribution in [0.3, 0.4) is 0 Å². The van der Waals surface area contributed by atoms with E-state index in [9.17, 15) is 10.1 Å². The number of nitrogens with zero attached hydrogens (tertiary/aromatic N) is 2. The normalized spacial score (nSPS) is 10.7. The van der Waals surface area contributed by atoms with Gasteiger partial charge in [-0.1, -0.05) is 18.2 Å². The summed E-state index contributed by atoms with van der Waals surface area (Å²) in [4.78, 5) is 14.6. The fourth-order valence-corrected chi connectivity index (χ4v) is 2.15. The van der Waals surface area contributed by atoms with E-state index >= 15 is 0 Å². The van der Waals surface area contributed by atoms with Crippen molar-refractivity contribution in [3.63, 3.8) is 0 Å². The zero-order chi connectivity index (χ0) is 16.8. The molecule has 118 valence electrons. The van der Waals surface area contributed by atoms with Crippen molar-refractivity contribution >= 4 is 29.0 Å². The molecule has 0 amide bonds. The van der Waals surface area contributed by atoms with E-state index in [4.69, 9.17) is 0 Å². The third-order valence-electron chi connectivity index (χ3n) is 3.40. The maximum atomic E-state index is 10.6. The fraction of sp³-hybridized carbons (Fsp3) is 0. The van der Waals surface area contributed by atoms with Crippen LogP contribution in [0.25, 0.3) is 0 Å². The molecule has 0 bridgehead atoms. The molecule has 3 rings (SSSR count). The number of aliphatic imine (C=N–C) groups is 1. The van der Waals surface area contributed by atoms with E-state index in [0.29, 0.717) is 0 Å². The monoisotopic (exact) mass is 317 g/mol. The minimum Gasteiger partial charge on any atom is -0.356 e. The molecule has 5 nitrogen and oxygen atoms in total. The standard InChI is InChI=1S/C19H15N3O2/c23-22(24)19-12-6-15(7-13-19)14-20-16-8-10-18(11-9-16)21-17-4-2-1-3-5-17/h1-14,21H. The topological polar surface area (TPSA) is 67.5 Å². The van der Waals surface area contributed by atoms with Gasteiger partial charge in [-0.2, -0.15) is 0 Å². The molecule has 0 radical (unpaired) electrons. The highest BCUT2D eigenvalue weighted by Gasteiger charge is 2.02. The summed E-state index contributed by atoms with van der Waals surface area (Å²) in [6.45, 7) is 0. The molecule has 24 heavy (non-hydrogen) atoms. The van der Waals surface area contributed by atoms with Crippen LogP contribution in [0.1, 0.15) is 5.56 Å². The van der Waals surface area contributed by atoms with Gasteiger partial charge < -0.3 is 5.32 Å². The summed E-state index contributed by atoms with van der Waals surface area (Å²) >= 11 is 0. The van der Waals surface area contributed by atoms with Crippen molar-refractivity contribution in [2.75, 3.05) is 5.32 Å². The number of benzene rings is 3. The van der Waals surface area contributed by atoms with Gasteiger partial charge in [0.15, 0.2) is 0 Å². The van der Waals surface area contributed by atoms with Gasteiger partial charge in [0.25, 0.3) is 5.69 Å². The van der Waals surface area contributed by atoms with Crippen molar-refractivity contribution in [3.8, 4) is 0 Å². The molecule has 0 saturated carbocycles. The summed E-state index contributed by atoms with van der Waals surface area (Å²) in [5, 5.41) is 13.9. The van der Waals surface area contributed by atoms with Crippen LogP contribution < -0.4 is 5.32 Å². The minimum absolute atomic E-state index is 0.0727. The third kappa shape index (κ3) is 4.04. The number of nitrogens with one attached hydrogen (secondary N) is 1. The van der Waals surface area contributed by atoms with Crippen LogP contribution in [-0.4, -0.2) is 11.1 Å². The van der Waals surface area contributed by atoms with Crippen LogP contribution in [0.15, 0.2) is 83.9 Å². The Hall–Kier alpha value is -3.47. The van der Waals surface area contributed by atoms with E-state index in [1.807, 2.05) is 54.6 Å². The van der Waals surface area contributed by atoms with Crippen molar-refractivity contribution in [2.24, 2.45) is 4.99 Å². The lowest BCUT2D eigenvalue weighted by Crippen LogP contribution is -1.89. The second kappa shape index (κ2) is 7.19. The third-order valence-corrected chi connectivity index (χ3v) is 3.40. The molecule has 0 spiro atoms. The highest BCUT2D eigenvalue weighted by atomic mass is 16.6. The zero-order valence-electron chi connectivity index (χ0n) is 12.8. The Balaban J connectivity index is 1.66. The number of non-ortho nitro benzene ring substituents is 1. The van der Waals surface area contributed by atoms with Crippen LogP contribution in [-0.2, 0) is 0 Å². The summed E-state index contributed by atoms with van der Waals surface area (Å²) in [7, 11) is 0. The second-order valence-electron chi connectivity index (χ2n) is 5.14. The number of rotatable bonds is 5. The van der Waals surface area contributed by atoms with E-state index in [2.05, 4.69) is 10.3 Å². The first-order valence-corrected chi connectivity index (χ1v) is 7.41. The summed E-state index contributed by atoms with van der Waals surface area (Å²) in [5.74, 6) is 0. The Morgan fingerprint density at radius 1 is 0.833 bits per heavy atom. The SMILES string of the molecule is O=[N+]([O-])c1ccc(C=Nc2ccc(Nc3ccccc3)cc2)cc1. The summed E-state index contributed by atoms with van der Waals surface area (Å²) in [6, 6.07) is 23.9. The van der Waals surface area contributed by atoms with Gasteiger partial charge in [0, 0.05) is 29.7 Å². The molecule has 0 aliphatic heterocycles. The largest absolute Gasteiger partial charge is 0.356 e.